The molecule has 0 atom stereocenters. The number of aromatic amines is 1. The quantitative estimate of drug-likeness (QED) is 0.679. The normalized spacial score (nSPS) is 10.5. The highest BCUT2D eigenvalue weighted by atomic mass is 35.5. The number of pyridine rings is 2. The van der Waals surface area contributed by atoms with Gasteiger partial charge in [-0.3, -0.25) is 14.6 Å². The molecule has 8 nitrogen and oxygen atoms in total. The number of anilines is 1. The number of carbonyl (C=O) groups excluding carboxylic acids is 1. The molecular formula is C17H12ClN3O5. The number of nitrogens with zero attached hydrogens (tertiary/aromatic N) is 2. The van der Waals surface area contributed by atoms with Crippen molar-refractivity contribution in [2.75, 3.05) is 11.5 Å². The van der Waals surface area contributed by atoms with Crippen LogP contribution in [0.5, 0.6) is 5.75 Å². The molecule has 2 heterocycles. The first-order chi connectivity index (χ1) is 12.4. The van der Waals surface area contributed by atoms with Gasteiger partial charge in [-0.2, -0.15) is 0 Å². The highest BCUT2D eigenvalue weighted by molar-refractivity contribution is 6.39. The van der Waals surface area contributed by atoms with Crippen molar-refractivity contribution in [3.8, 4) is 5.75 Å². The molecule has 0 aliphatic carbocycles. The maximum absolute atomic E-state index is 12.6. The average Bonchev–Trinajstić information content (AvgIpc) is 2.65. The van der Waals surface area contributed by atoms with Gasteiger partial charge >= 0.3 is 5.97 Å². The third-order valence-corrected chi connectivity index (χ3v) is 4.00. The zero-order valence-electron chi connectivity index (χ0n) is 13.4. The van der Waals surface area contributed by atoms with Crippen molar-refractivity contribution >= 4 is 40.4 Å². The number of halogens is 1. The fourth-order valence-corrected chi connectivity index (χ4v) is 2.50. The molecule has 0 fully saturated rings. The van der Waals surface area contributed by atoms with Crippen molar-refractivity contribution in [2.24, 2.45) is 0 Å². The van der Waals surface area contributed by atoms with Gasteiger partial charge < -0.3 is 14.8 Å². The van der Waals surface area contributed by atoms with E-state index in [-0.39, 0.29) is 16.8 Å². The Morgan fingerprint density at radius 3 is 2.54 bits per heavy atom. The van der Waals surface area contributed by atoms with Crippen LogP contribution in [0, 0.1) is 0 Å². The molecule has 0 aliphatic rings. The molecule has 2 N–H and O–H groups in total. The monoisotopic (exact) mass is 373 g/mol. The second kappa shape index (κ2) is 6.85. The maximum Gasteiger partial charge on any atom is 0.335 e. The number of hydrogen-bond acceptors (Lipinski definition) is 5. The van der Waals surface area contributed by atoms with Crippen LogP contribution in [0.1, 0.15) is 20.7 Å². The van der Waals surface area contributed by atoms with Crippen molar-refractivity contribution in [1.29, 1.82) is 0 Å². The van der Waals surface area contributed by atoms with Gasteiger partial charge in [0.1, 0.15) is 11.3 Å². The van der Waals surface area contributed by atoms with Gasteiger partial charge in [-0.05, 0) is 30.3 Å². The number of carboxylic acid groups (broad SMARTS) is 1. The zero-order valence-corrected chi connectivity index (χ0v) is 14.1. The Morgan fingerprint density at radius 1 is 1.23 bits per heavy atom. The van der Waals surface area contributed by atoms with Crippen LogP contribution in [0.2, 0.25) is 0 Å². The third kappa shape index (κ3) is 3.22. The lowest BCUT2D eigenvalue weighted by Crippen LogP contribution is -2.28. The summed E-state index contributed by atoms with van der Waals surface area (Å²) in [6.07, 6.45) is 1.46. The van der Waals surface area contributed by atoms with E-state index in [0.717, 1.165) is 4.42 Å². The molecule has 2 aromatic heterocycles. The molecule has 26 heavy (non-hydrogen) atoms. The van der Waals surface area contributed by atoms with Crippen LogP contribution >= 0.6 is 11.8 Å². The number of nitrogens with one attached hydrogen (secondary N) is 1. The number of carbonyl (C=O) groups is 2. The third-order valence-electron chi connectivity index (χ3n) is 3.65. The number of benzene rings is 1. The van der Waals surface area contributed by atoms with Crippen LogP contribution in [-0.4, -0.2) is 34.1 Å². The molecule has 0 saturated heterocycles. The van der Waals surface area contributed by atoms with Gasteiger partial charge in [0.2, 0.25) is 0 Å². The smallest absolute Gasteiger partial charge is 0.335 e. The molecule has 0 aliphatic heterocycles. The number of aromatic carboxylic acids is 1. The van der Waals surface area contributed by atoms with Crippen LogP contribution < -0.4 is 14.7 Å². The molecule has 3 rings (SSSR count). The van der Waals surface area contributed by atoms with E-state index in [1.807, 2.05) is 0 Å². The van der Waals surface area contributed by atoms with E-state index in [9.17, 15) is 14.4 Å². The summed E-state index contributed by atoms with van der Waals surface area (Å²) in [5.41, 5.74) is 0.243. The van der Waals surface area contributed by atoms with Crippen molar-refractivity contribution in [1.82, 2.24) is 9.97 Å². The van der Waals surface area contributed by atoms with Crippen LogP contribution in [0.25, 0.3) is 11.0 Å². The number of rotatable bonds is 4. The van der Waals surface area contributed by atoms with E-state index in [0.29, 0.717) is 16.8 Å². The second-order valence-electron chi connectivity index (χ2n) is 5.26. The summed E-state index contributed by atoms with van der Waals surface area (Å²) in [5.74, 6) is -1.41. The van der Waals surface area contributed by atoms with Gasteiger partial charge in [0.15, 0.2) is 0 Å². The number of H-pyrrole nitrogens is 1. The first kappa shape index (κ1) is 17.4. The summed E-state index contributed by atoms with van der Waals surface area (Å²) in [5, 5.41) is 8.90. The lowest BCUT2D eigenvalue weighted by Gasteiger charge is -2.14. The number of ether oxygens (including phenoxy) is 1. The number of aromatic nitrogens is 2. The maximum atomic E-state index is 12.6. The lowest BCUT2D eigenvalue weighted by atomic mass is 10.2. The van der Waals surface area contributed by atoms with Gasteiger partial charge in [-0.1, -0.05) is 0 Å². The number of amides is 1. The second-order valence-corrected chi connectivity index (χ2v) is 5.60. The van der Waals surface area contributed by atoms with Crippen LogP contribution in [0.15, 0.2) is 47.4 Å². The van der Waals surface area contributed by atoms with Crippen LogP contribution in [0.4, 0.5) is 5.69 Å². The summed E-state index contributed by atoms with van der Waals surface area (Å²) in [7, 11) is 1.47. The summed E-state index contributed by atoms with van der Waals surface area (Å²) >= 11 is 6.04. The Kier molecular flexibility index (Phi) is 4.59. The molecule has 1 amide bonds. The van der Waals surface area contributed by atoms with Crippen molar-refractivity contribution < 1.29 is 19.4 Å². The van der Waals surface area contributed by atoms with Gasteiger partial charge in [0.25, 0.3) is 11.5 Å². The molecular weight excluding hydrogens is 362 g/mol. The summed E-state index contributed by atoms with van der Waals surface area (Å²) in [6.45, 7) is 0. The van der Waals surface area contributed by atoms with Crippen molar-refractivity contribution in [3.63, 3.8) is 0 Å². The van der Waals surface area contributed by atoms with Gasteiger partial charge in [-0.15, -0.1) is 0 Å². The van der Waals surface area contributed by atoms with Crippen molar-refractivity contribution in [2.45, 2.75) is 0 Å². The Balaban J connectivity index is 1.97. The Morgan fingerprint density at radius 2 is 1.92 bits per heavy atom. The SMILES string of the molecule is COc1cnc2cc(C(=O)N(Cl)c3ccc(C(=O)O)cc3)c(=O)[nH]c2c1. The standard InChI is InChI=1S/C17H12ClN3O5/c1-26-11-6-14-13(19-8-11)7-12(15(22)20-14)16(23)21(18)10-4-2-9(3-5-10)17(24)25/h2-8H,1H3,(H,20,22)(H,24,25). The highest BCUT2D eigenvalue weighted by Gasteiger charge is 2.20. The first-order valence-electron chi connectivity index (χ1n) is 7.31. The number of carboxylic acids is 1. The summed E-state index contributed by atoms with van der Waals surface area (Å²) < 4.78 is 5.78. The highest BCUT2D eigenvalue weighted by Crippen LogP contribution is 2.21. The number of hydrogen-bond donors (Lipinski definition) is 2. The predicted octanol–water partition coefficient (Wildman–Crippen LogP) is 2.43. The molecule has 0 saturated carbocycles. The molecule has 132 valence electrons. The molecule has 0 spiro atoms. The van der Waals surface area contributed by atoms with Gasteiger partial charge in [-0.25, -0.2) is 9.21 Å². The van der Waals surface area contributed by atoms with Crippen LogP contribution in [-0.2, 0) is 0 Å². The minimum absolute atomic E-state index is 0.0490. The zero-order chi connectivity index (χ0) is 18.8. The molecule has 0 radical (unpaired) electrons. The van der Waals surface area contributed by atoms with E-state index < -0.39 is 17.4 Å². The molecule has 0 unspecified atom stereocenters. The minimum atomic E-state index is -1.10. The fraction of sp³-hybridized carbons (Fsp3) is 0.0588. The first-order valence-corrected chi connectivity index (χ1v) is 7.65. The van der Waals surface area contributed by atoms with Gasteiger partial charge in [0, 0.05) is 17.8 Å². The molecule has 0 bridgehead atoms. The number of fused-ring (bicyclic) bond motifs is 1. The summed E-state index contributed by atoms with van der Waals surface area (Å²) in [4.78, 5) is 42.4. The van der Waals surface area contributed by atoms with E-state index in [1.165, 1.54) is 43.6 Å². The predicted molar refractivity (Wildman–Crippen MR) is 95.0 cm³/mol. The van der Waals surface area contributed by atoms with E-state index >= 15 is 0 Å². The average molecular weight is 374 g/mol. The Hall–Kier alpha value is -3.39. The van der Waals surface area contributed by atoms with Gasteiger partial charge in [0.05, 0.1) is 35.6 Å². The van der Waals surface area contributed by atoms with Crippen molar-refractivity contribution in [3.05, 3.63) is 64.1 Å². The minimum Gasteiger partial charge on any atom is -0.495 e. The molecule has 9 heteroatoms. The molecule has 3 aromatic rings. The van der Waals surface area contributed by atoms with E-state index in [2.05, 4.69) is 9.97 Å². The Bertz CT molecular complexity index is 1060. The van der Waals surface area contributed by atoms with E-state index in [1.54, 1.807) is 6.07 Å². The largest absolute Gasteiger partial charge is 0.495 e. The summed E-state index contributed by atoms with van der Waals surface area (Å²) in [6, 6.07) is 8.26. The number of methoxy groups -OCH3 is 1. The fourth-order valence-electron chi connectivity index (χ4n) is 2.29. The van der Waals surface area contributed by atoms with E-state index in [4.69, 9.17) is 21.6 Å². The molecule has 1 aromatic carbocycles. The Labute approximate surface area is 151 Å². The topological polar surface area (TPSA) is 113 Å². The lowest BCUT2D eigenvalue weighted by molar-refractivity contribution is 0.0696. The van der Waals surface area contributed by atoms with Crippen LogP contribution in [0.3, 0.4) is 0 Å².